The van der Waals surface area contributed by atoms with Crippen LogP contribution in [-0.4, -0.2) is 12.6 Å². The van der Waals surface area contributed by atoms with Gasteiger partial charge in [0.2, 0.25) is 0 Å². The maximum Gasteiger partial charge on any atom is 0.00671 e. The average molecular weight is 211 g/mol. The van der Waals surface area contributed by atoms with Crippen molar-refractivity contribution >= 4 is 0 Å². The number of hydrogen-bond donors (Lipinski definition) is 1. The predicted molar refractivity (Wildman–Crippen MR) is 68.1 cm³/mol. The highest BCUT2D eigenvalue weighted by atomic mass is 14.9. The maximum absolute atomic E-state index is 3.74. The van der Waals surface area contributed by atoms with Gasteiger partial charge in [-0.25, -0.2) is 0 Å². The standard InChI is InChI=1S/C14H29N/c1-4-6-8-13(5-2)11-15-12(3)14-9-7-10-14/h12-15H,4-11H2,1-3H3. The molecule has 0 bridgehead atoms. The van der Waals surface area contributed by atoms with Crippen molar-refractivity contribution in [2.24, 2.45) is 11.8 Å². The van der Waals surface area contributed by atoms with E-state index in [9.17, 15) is 0 Å². The molecule has 0 aromatic carbocycles. The summed E-state index contributed by atoms with van der Waals surface area (Å²) in [4.78, 5) is 0. The minimum absolute atomic E-state index is 0.759. The molecular weight excluding hydrogens is 182 g/mol. The Kier molecular flexibility index (Phi) is 6.31. The summed E-state index contributed by atoms with van der Waals surface area (Å²) in [6.07, 6.45) is 9.87. The fraction of sp³-hybridized carbons (Fsp3) is 1.00. The first kappa shape index (κ1) is 13.0. The number of unbranched alkanes of at least 4 members (excludes halogenated alkanes) is 1. The summed E-state index contributed by atoms with van der Waals surface area (Å²) in [5.74, 6) is 1.89. The van der Waals surface area contributed by atoms with Gasteiger partial charge < -0.3 is 5.32 Å². The van der Waals surface area contributed by atoms with Gasteiger partial charge in [-0.3, -0.25) is 0 Å². The second-order valence-electron chi connectivity index (χ2n) is 5.30. The van der Waals surface area contributed by atoms with Gasteiger partial charge >= 0.3 is 0 Å². The van der Waals surface area contributed by atoms with Crippen LogP contribution in [0.2, 0.25) is 0 Å². The Morgan fingerprint density at radius 1 is 1.27 bits per heavy atom. The zero-order valence-corrected chi connectivity index (χ0v) is 10.9. The topological polar surface area (TPSA) is 12.0 Å². The van der Waals surface area contributed by atoms with Crippen LogP contribution in [-0.2, 0) is 0 Å². The first-order valence-electron chi connectivity index (χ1n) is 7.01. The molecule has 1 rings (SSSR count). The van der Waals surface area contributed by atoms with Gasteiger partial charge in [-0.1, -0.05) is 39.5 Å². The van der Waals surface area contributed by atoms with Gasteiger partial charge in [-0.15, -0.1) is 0 Å². The maximum atomic E-state index is 3.74. The molecule has 0 radical (unpaired) electrons. The Balaban J connectivity index is 2.09. The third-order valence-corrected chi connectivity index (χ3v) is 4.13. The molecule has 1 nitrogen and oxygen atoms in total. The lowest BCUT2D eigenvalue weighted by molar-refractivity contribution is 0.231. The third kappa shape index (κ3) is 4.55. The highest BCUT2D eigenvalue weighted by Gasteiger charge is 2.23. The lowest BCUT2D eigenvalue weighted by atomic mass is 9.80. The van der Waals surface area contributed by atoms with Crippen LogP contribution in [0.3, 0.4) is 0 Å². The first-order valence-corrected chi connectivity index (χ1v) is 7.01. The first-order chi connectivity index (χ1) is 7.27. The number of hydrogen-bond acceptors (Lipinski definition) is 1. The Morgan fingerprint density at radius 3 is 2.47 bits per heavy atom. The van der Waals surface area contributed by atoms with Crippen LogP contribution in [0.1, 0.15) is 65.7 Å². The molecule has 1 saturated carbocycles. The van der Waals surface area contributed by atoms with Gasteiger partial charge in [0.1, 0.15) is 0 Å². The van der Waals surface area contributed by atoms with E-state index in [1.165, 1.54) is 51.5 Å². The van der Waals surface area contributed by atoms with Crippen LogP contribution in [0.4, 0.5) is 0 Å². The predicted octanol–water partition coefficient (Wildman–Crippen LogP) is 3.98. The minimum Gasteiger partial charge on any atom is -0.314 e. The molecule has 1 N–H and O–H groups in total. The zero-order chi connectivity index (χ0) is 11.1. The molecule has 0 aromatic rings. The molecule has 15 heavy (non-hydrogen) atoms. The van der Waals surface area contributed by atoms with E-state index in [2.05, 4.69) is 26.1 Å². The summed E-state index contributed by atoms with van der Waals surface area (Å²) in [6.45, 7) is 8.23. The van der Waals surface area contributed by atoms with Crippen LogP contribution in [0.25, 0.3) is 0 Å². The molecule has 2 atom stereocenters. The Morgan fingerprint density at radius 2 is 2.00 bits per heavy atom. The molecule has 1 aliphatic carbocycles. The molecule has 0 aliphatic heterocycles. The van der Waals surface area contributed by atoms with E-state index in [-0.39, 0.29) is 0 Å². The smallest absolute Gasteiger partial charge is 0.00671 e. The molecule has 1 heteroatoms. The van der Waals surface area contributed by atoms with Gasteiger partial charge in [-0.05, 0) is 44.6 Å². The van der Waals surface area contributed by atoms with Crippen molar-refractivity contribution in [3.05, 3.63) is 0 Å². The quantitative estimate of drug-likeness (QED) is 0.640. The van der Waals surface area contributed by atoms with E-state index < -0.39 is 0 Å². The van der Waals surface area contributed by atoms with E-state index in [0.29, 0.717) is 0 Å². The molecule has 0 spiro atoms. The molecule has 0 heterocycles. The monoisotopic (exact) mass is 211 g/mol. The summed E-state index contributed by atoms with van der Waals surface area (Å²) in [7, 11) is 0. The summed E-state index contributed by atoms with van der Waals surface area (Å²) in [6, 6.07) is 0.759. The van der Waals surface area contributed by atoms with Crippen LogP contribution in [0, 0.1) is 11.8 Å². The van der Waals surface area contributed by atoms with Crippen LogP contribution in [0.15, 0.2) is 0 Å². The summed E-state index contributed by atoms with van der Waals surface area (Å²) >= 11 is 0. The Labute approximate surface area is 96.0 Å². The van der Waals surface area contributed by atoms with Crippen molar-refractivity contribution in [2.45, 2.75) is 71.8 Å². The number of rotatable bonds is 8. The molecule has 0 aromatic heterocycles. The van der Waals surface area contributed by atoms with Gasteiger partial charge in [0.25, 0.3) is 0 Å². The van der Waals surface area contributed by atoms with Crippen molar-refractivity contribution in [3.63, 3.8) is 0 Å². The Bertz CT molecular complexity index is 151. The van der Waals surface area contributed by atoms with Crippen molar-refractivity contribution in [1.82, 2.24) is 5.32 Å². The van der Waals surface area contributed by atoms with Crippen molar-refractivity contribution in [3.8, 4) is 0 Å². The van der Waals surface area contributed by atoms with E-state index >= 15 is 0 Å². The van der Waals surface area contributed by atoms with Crippen LogP contribution in [0.5, 0.6) is 0 Å². The Hall–Kier alpha value is -0.0400. The lowest BCUT2D eigenvalue weighted by Gasteiger charge is -2.33. The summed E-state index contributed by atoms with van der Waals surface area (Å²) in [5.41, 5.74) is 0. The van der Waals surface area contributed by atoms with Crippen LogP contribution < -0.4 is 5.32 Å². The molecule has 0 saturated heterocycles. The van der Waals surface area contributed by atoms with Crippen molar-refractivity contribution in [1.29, 1.82) is 0 Å². The normalized spacial score (nSPS) is 21.0. The van der Waals surface area contributed by atoms with Gasteiger partial charge in [-0.2, -0.15) is 0 Å². The summed E-state index contributed by atoms with van der Waals surface area (Å²) < 4.78 is 0. The fourth-order valence-electron chi connectivity index (χ4n) is 2.40. The fourth-order valence-corrected chi connectivity index (χ4v) is 2.40. The molecule has 1 aliphatic rings. The van der Waals surface area contributed by atoms with E-state index in [4.69, 9.17) is 0 Å². The molecular formula is C14H29N. The zero-order valence-electron chi connectivity index (χ0n) is 10.9. The second kappa shape index (κ2) is 7.27. The third-order valence-electron chi connectivity index (χ3n) is 4.13. The number of nitrogens with one attached hydrogen (secondary N) is 1. The molecule has 1 fully saturated rings. The van der Waals surface area contributed by atoms with Gasteiger partial charge in [0, 0.05) is 6.04 Å². The van der Waals surface area contributed by atoms with E-state index in [0.717, 1.165) is 17.9 Å². The van der Waals surface area contributed by atoms with E-state index in [1.807, 2.05) is 0 Å². The highest BCUT2D eigenvalue weighted by Crippen LogP contribution is 2.29. The van der Waals surface area contributed by atoms with Crippen LogP contribution >= 0.6 is 0 Å². The average Bonchev–Trinajstić information content (AvgIpc) is 2.15. The lowest BCUT2D eigenvalue weighted by Crippen LogP contribution is -2.39. The van der Waals surface area contributed by atoms with Gasteiger partial charge in [0.05, 0.1) is 0 Å². The largest absolute Gasteiger partial charge is 0.314 e. The van der Waals surface area contributed by atoms with Crippen molar-refractivity contribution < 1.29 is 0 Å². The second-order valence-corrected chi connectivity index (χ2v) is 5.30. The molecule has 90 valence electrons. The molecule has 0 amide bonds. The summed E-state index contributed by atoms with van der Waals surface area (Å²) in [5, 5.41) is 3.74. The van der Waals surface area contributed by atoms with E-state index in [1.54, 1.807) is 0 Å². The minimum atomic E-state index is 0.759. The SMILES string of the molecule is CCCCC(CC)CNC(C)C1CCC1. The molecule has 2 unspecified atom stereocenters. The van der Waals surface area contributed by atoms with Crippen molar-refractivity contribution in [2.75, 3.05) is 6.54 Å². The van der Waals surface area contributed by atoms with Gasteiger partial charge in [0.15, 0.2) is 0 Å². The highest BCUT2D eigenvalue weighted by molar-refractivity contribution is 4.80.